The van der Waals surface area contributed by atoms with Crippen LogP contribution >= 0.6 is 11.8 Å². The van der Waals surface area contributed by atoms with Gasteiger partial charge in [-0.1, -0.05) is 6.92 Å². The Balaban J connectivity index is 3.92. The summed E-state index contributed by atoms with van der Waals surface area (Å²) in [6, 6.07) is -0.771. The summed E-state index contributed by atoms with van der Waals surface area (Å²) in [5, 5.41) is 11.1. The minimum absolute atomic E-state index is 0.0723. The second-order valence-corrected chi connectivity index (χ2v) is 5.11. The van der Waals surface area contributed by atoms with Crippen LogP contribution in [0.15, 0.2) is 0 Å². The van der Waals surface area contributed by atoms with Crippen LogP contribution in [-0.4, -0.2) is 40.1 Å². The van der Waals surface area contributed by atoms with Gasteiger partial charge >= 0.3 is 5.97 Å². The first kappa shape index (κ1) is 15.2. The number of amides is 1. The second-order valence-electron chi connectivity index (χ2n) is 3.74. The third-order valence-corrected chi connectivity index (χ3v) is 3.48. The summed E-state index contributed by atoms with van der Waals surface area (Å²) in [7, 11) is 0. The van der Waals surface area contributed by atoms with Gasteiger partial charge < -0.3 is 16.2 Å². The number of carbonyl (C=O) groups is 2. The van der Waals surface area contributed by atoms with Crippen molar-refractivity contribution < 1.29 is 14.7 Å². The van der Waals surface area contributed by atoms with Gasteiger partial charge in [0.1, 0.15) is 6.04 Å². The van der Waals surface area contributed by atoms with E-state index in [2.05, 4.69) is 5.32 Å². The van der Waals surface area contributed by atoms with E-state index in [0.717, 1.165) is 6.42 Å². The first-order chi connectivity index (χ1) is 7.38. The van der Waals surface area contributed by atoms with Crippen LogP contribution in [0.1, 0.15) is 27.2 Å². The number of thioether (sulfide) groups is 1. The average molecular weight is 248 g/mol. The van der Waals surface area contributed by atoms with Crippen LogP contribution in [0.5, 0.6) is 0 Å². The van der Waals surface area contributed by atoms with Crippen molar-refractivity contribution in [2.45, 2.75) is 44.5 Å². The van der Waals surface area contributed by atoms with Gasteiger partial charge in [-0.25, -0.2) is 0 Å². The van der Waals surface area contributed by atoms with Crippen molar-refractivity contribution >= 4 is 23.6 Å². The van der Waals surface area contributed by atoms with Crippen molar-refractivity contribution in [2.24, 2.45) is 5.73 Å². The quantitative estimate of drug-likeness (QED) is 0.608. The third-order valence-electron chi connectivity index (χ3n) is 2.21. The van der Waals surface area contributed by atoms with Crippen molar-refractivity contribution in [1.82, 2.24) is 5.32 Å². The van der Waals surface area contributed by atoms with Crippen molar-refractivity contribution in [3.05, 3.63) is 0 Å². The number of rotatable bonds is 7. The molecule has 94 valence electrons. The number of hydrogen-bond donors (Lipinski definition) is 3. The van der Waals surface area contributed by atoms with Gasteiger partial charge in [-0.15, -0.1) is 11.8 Å². The molecule has 4 N–H and O–H groups in total. The number of nitrogens with two attached hydrogens (primary N) is 1. The average Bonchev–Trinajstić information content (AvgIpc) is 2.24. The lowest BCUT2D eigenvalue weighted by atomic mass is 10.2. The van der Waals surface area contributed by atoms with Crippen LogP contribution in [-0.2, 0) is 9.59 Å². The summed E-state index contributed by atoms with van der Waals surface area (Å²) in [6.07, 6.45) is 0.873. The van der Waals surface area contributed by atoms with Gasteiger partial charge in [-0.2, -0.15) is 0 Å². The van der Waals surface area contributed by atoms with Crippen LogP contribution in [0, 0.1) is 0 Å². The van der Waals surface area contributed by atoms with E-state index in [-0.39, 0.29) is 23.0 Å². The lowest BCUT2D eigenvalue weighted by Gasteiger charge is -2.16. The second kappa shape index (κ2) is 7.51. The molecule has 0 aliphatic carbocycles. The number of carboxylic acid groups (broad SMARTS) is 1. The highest BCUT2D eigenvalue weighted by atomic mass is 32.2. The van der Waals surface area contributed by atoms with Crippen molar-refractivity contribution in [1.29, 1.82) is 0 Å². The maximum absolute atomic E-state index is 11.6. The molecule has 3 atom stereocenters. The van der Waals surface area contributed by atoms with E-state index in [0.29, 0.717) is 0 Å². The number of hydrogen-bond acceptors (Lipinski definition) is 4. The summed E-state index contributed by atoms with van der Waals surface area (Å²) in [5.74, 6) is -0.872. The van der Waals surface area contributed by atoms with Gasteiger partial charge in [0.2, 0.25) is 5.91 Å². The van der Waals surface area contributed by atoms with E-state index >= 15 is 0 Å². The fraction of sp³-hybridized carbons (Fsp3) is 0.800. The number of carbonyl (C=O) groups excluding carboxylic acids is 1. The monoisotopic (exact) mass is 248 g/mol. The molecule has 0 aromatic heterocycles. The van der Waals surface area contributed by atoms with Crippen molar-refractivity contribution in [3.8, 4) is 0 Å². The van der Waals surface area contributed by atoms with Gasteiger partial charge in [0.05, 0.1) is 5.25 Å². The van der Waals surface area contributed by atoms with Crippen LogP contribution in [0.2, 0.25) is 0 Å². The molecule has 1 amide bonds. The topological polar surface area (TPSA) is 92.4 Å². The van der Waals surface area contributed by atoms with Gasteiger partial charge in [-0.05, 0) is 20.3 Å². The first-order valence-corrected chi connectivity index (χ1v) is 6.33. The Morgan fingerprint density at radius 1 is 1.44 bits per heavy atom. The molecular weight excluding hydrogens is 228 g/mol. The molecule has 0 aromatic carbocycles. The Morgan fingerprint density at radius 3 is 2.44 bits per heavy atom. The standard InChI is InChI=1S/C10H20N2O3S/c1-4-6(2)12-9(13)7(3)16-5-8(11)10(14)15/h6-8H,4-5,11H2,1-3H3,(H,12,13)(H,14,15)/t6?,7?,8-/m1/s1. The zero-order valence-electron chi connectivity index (χ0n) is 9.90. The molecule has 0 radical (unpaired) electrons. The van der Waals surface area contributed by atoms with Crippen LogP contribution in [0.3, 0.4) is 0 Å². The first-order valence-electron chi connectivity index (χ1n) is 5.28. The number of aliphatic carboxylic acids is 1. The van der Waals surface area contributed by atoms with Gasteiger partial charge in [0, 0.05) is 11.8 Å². The predicted octanol–water partition coefficient (Wildman–Crippen LogP) is 0.435. The molecule has 0 heterocycles. The summed E-state index contributed by atoms with van der Waals surface area (Å²) in [4.78, 5) is 22.0. The van der Waals surface area contributed by atoms with E-state index in [4.69, 9.17) is 10.8 Å². The van der Waals surface area contributed by atoms with Crippen LogP contribution in [0.4, 0.5) is 0 Å². The zero-order chi connectivity index (χ0) is 12.7. The van der Waals surface area contributed by atoms with E-state index in [1.165, 1.54) is 11.8 Å². The lowest BCUT2D eigenvalue weighted by molar-refractivity contribution is -0.138. The van der Waals surface area contributed by atoms with Crippen LogP contribution in [0.25, 0.3) is 0 Å². The Bertz CT molecular complexity index is 248. The summed E-state index contributed by atoms with van der Waals surface area (Å²) in [5.41, 5.74) is 5.34. The smallest absolute Gasteiger partial charge is 0.321 e. The maximum atomic E-state index is 11.6. The number of nitrogens with one attached hydrogen (secondary N) is 1. The predicted molar refractivity (Wildman–Crippen MR) is 65.4 cm³/mol. The summed E-state index contributed by atoms with van der Waals surface area (Å²) in [6.45, 7) is 5.67. The molecule has 0 saturated carbocycles. The van der Waals surface area contributed by atoms with Gasteiger partial charge in [0.15, 0.2) is 0 Å². The largest absolute Gasteiger partial charge is 0.480 e. The SMILES string of the molecule is CCC(C)NC(=O)C(C)SC[C@@H](N)C(=O)O. The minimum atomic E-state index is -1.04. The van der Waals surface area contributed by atoms with Crippen LogP contribution < -0.4 is 11.1 Å². The lowest BCUT2D eigenvalue weighted by Crippen LogP contribution is -2.39. The Hall–Kier alpha value is -0.750. The van der Waals surface area contributed by atoms with E-state index in [1.807, 2.05) is 13.8 Å². The Morgan fingerprint density at radius 2 is 2.00 bits per heavy atom. The van der Waals surface area contributed by atoms with E-state index in [9.17, 15) is 9.59 Å². The molecule has 0 saturated heterocycles. The highest BCUT2D eigenvalue weighted by Crippen LogP contribution is 2.11. The van der Waals surface area contributed by atoms with Crippen molar-refractivity contribution in [2.75, 3.05) is 5.75 Å². The summed E-state index contributed by atoms with van der Waals surface area (Å²) >= 11 is 1.26. The molecule has 0 fully saturated rings. The van der Waals surface area contributed by atoms with Gasteiger partial charge in [0.25, 0.3) is 0 Å². The molecule has 2 unspecified atom stereocenters. The summed E-state index contributed by atoms with van der Waals surface area (Å²) < 4.78 is 0. The number of carboxylic acids is 1. The molecule has 0 aromatic rings. The zero-order valence-corrected chi connectivity index (χ0v) is 10.7. The molecular formula is C10H20N2O3S. The third kappa shape index (κ3) is 5.97. The maximum Gasteiger partial charge on any atom is 0.321 e. The minimum Gasteiger partial charge on any atom is -0.480 e. The molecule has 6 heteroatoms. The van der Waals surface area contributed by atoms with Gasteiger partial charge in [-0.3, -0.25) is 9.59 Å². The highest BCUT2D eigenvalue weighted by Gasteiger charge is 2.18. The van der Waals surface area contributed by atoms with E-state index < -0.39 is 12.0 Å². The molecule has 0 aliphatic rings. The molecule has 0 bridgehead atoms. The Kier molecular flexibility index (Phi) is 7.16. The molecule has 0 rings (SSSR count). The highest BCUT2D eigenvalue weighted by molar-refractivity contribution is 8.00. The molecule has 0 spiro atoms. The van der Waals surface area contributed by atoms with Crippen molar-refractivity contribution in [3.63, 3.8) is 0 Å². The normalized spacial score (nSPS) is 16.2. The molecule has 5 nitrogen and oxygen atoms in total. The Labute approximate surface area is 100 Å². The molecule has 0 aliphatic heterocycles. The molecule has 16 heavy (non-hydrogen) atoms. The fourth-order valence-corrected chi connectivity index (χ4v) is 1.72. The fourth-order valence-electron chi connectivity index (χ4n) is 0.857. The van der Waals surface area contributed by atoms with E-state index in [1.54, 1.807) is 6.92 Å².